The van der Waals surface area contributed by atoms with Gasteiger partial charge in [-0.15, -0.1) is 0 Å². The normalized spacial score (nSPS) is 16.9. The Hall–Kier alpha value is -3.23. The van der Waals surface area contributed by atoms with E-state index in [2.05, 4.69) is 30.2 Å². The third-order valence-electron chi connectivity index (χ3n) is 4.79. The van der Waals surface area contributed by atoms with Gasteiger partial charge >= 0.3 is 6.18 Å². The van der Waals surface area contributed by atoms with Crippen LogP contribution in [0.5, 0.6) is 0 Å². The average molecular weight is 414 g/mol. The van der Waals surface area contributed by atoms with Crippen molar-refractivity contribution in [3.63, 3.8) is 0 Å². The average Bonchev–Trinajstić information content (AvgIpc) is 3.38. The van der Waals surface area contributed by atoms with Crippen LogP contribution in [0.4, 0.5) is 25.1 Å². The summed E-state index contributed by atoms with van der Waals surface area (Å²) < 4.78 is 38.8. The van der Waals surface area contributed by atoms with E-state index in [0.717, 1.165) is 43.6 Å². The summed E-state index contributed by atoms with van der Waals surface area (Å²) in [5.41, 5.74) is 0.860. The van der Waals surface area contributed by atoms with Crippen molar-refractivity contribution < 1.29 is 13.2 Å². The van der Waals surface area contributed by atoms with E-state index in [9.17, 15) is 13.2 Å². The summed E-state index contributed by atoms with van der Waals surface area (Å²) in [5.74, 6) is 1.96. The fraction of sp³-hybridized carbons (Fsp3) is 0.333. The number of benzene rings is 1. The largest absolute Gasteiger partial charge is 0.416 e. The molecule has 0 bridgehead atoms. The van der Waals surface area contributed by atoms with E-state index in [1.54, 1.807) is 18.2 Å². The second-order valence-electron chi connectivity index (χ2n) is 7.29. The summed E-state index contributed by atoms with van der Waals surface area (Å²) >= 11 is 0. The van der Waals surface area contributed by atoms with Gasteiger partial charge < -0.3 is 10.2 Å². The molecule has 0 saturated carbocycles. The van der Waals surface area contributed by atoms with Crippen LogP contribution in [-0.2, 0) is 6.18 Å². The monoisotopic (exact) mass is 414 g/mol. The molecule has 1 aromatic heterocycles. The van der Waals surface area contributed by atoms with Crippen LogP contribution < -0.4 is 10.2 Å². The first-order valence-corrected chi connectivity index (χ1v) is 9.72. The van der Waals surface area contributed by atoms with E-state index >= 15 is 0 Å². The molecule has 1 fully saturated rings. The van der Waals surface area contributed by atoms with Crippen molar-refractivity contribution in [1.82, 2.24) is 15.0 Å². The molecule has 2 aliphatic heterocycles. The second kappa shape index (κ2) is 8.25. The molecule has 0 spiro atoms. The molecule has 1 saturated heterocycles. The summed E-state index contributed by atoms with van der Waals surface area (Å²) in [4.78, 5) is 19.8. The summed E-state index contributed by atoms with van der Waals surface area (Å²) in [6.07, 6.45) is 2.85. The molecule has 0 amide bonds. The fourth-order valence-corrected chi connectivity index (χ4v) is 3.28. The van der Waals surface area contributed by atoms with Gasteiger partial charge in [-0.2, -0.15) is 28.1 Å². The minimum absolute atomic E-state index is 0.361. The standard InChI is InChI=1S/C21H21F3N6/c1-14-11-18(25-13-14)27-19-26-17(28-20(29-19)30-9-2-3-10-30)8-7-15-5-4-6-16(12-15)21(22,23)24/h4-8,11-12H,2-3,9-10,13H2,1H3,(H,25,26,27,28,29)/b8-7+. The van der Waals surface area contributed by atoms with Gasteiger partial charge in [0.1, 0.15) is 5.84 Å². The zero-order chi connectivity index (χ0) is 21.1. The van der Waals surface area contributed by atoms with Crippen molar-refractivity contribution in [1.29, 1.82) is 0 Å². The highest BCUT2D eigenvalue weighted by atomic mass is 19.4. The first kappa shape index (κ1) is 20.1. The van der Waals surface area contributed by atoms with E-state index in [0.29, 0.717) is 35.7 Å². The molecule has 0 unspecified atom stereocenters. The zero-order valence-corrected chi connectivity index (χ0v) is 16.4. The Morgan fingerprint density at radius 3 is 2.57 bits per heavy atom. The predicted molar refractivity (Wildman–Crippen MR) is 111 cm³/mol. The Kier molecular flexibility index (Phi) is 5.52. The van der Waals surface area contributed by atoms with Gasteiger partial charge in [0.2, 0.25) is 11.9 Å². The number of aliphatic imine (C=N–C) groups is 1. The Labute approximate surface area is 172 Å². The van der Waals surface area contributed by atoms with Crippen molar-refractivity contribution in [2.75, 3.05) is 29.9 Å². The molecule has 3 heterocycles. The van der Waals surface area contributed by atoms with E-state index in [-0.39, 0.29) is 0 Å². The number of amidine groups is 1. The topological polar surface area (TPSA) is 66.3 Å². The molecular formula is C21H21F3N6. The van der Waals surface area contributed by atoms with E-state index < -0.39 is 11.7 Å². The highest BCUT2D eigenvalue weighted by Crippen LogP contribution is 2.30. The molecule has 0 aliphatic carbocycles. The van der Waals surface area contributed by atoms with Crippen LogP contribution >= 0.6 is 0 Å². The number of anilines is 2. The lowest BCUT2D eigenvalue weighted by Crippen LogP contribution is -2.22. The van der Waals surface area contributed by atoms with E-state index in [1.165, 1.54) is 6.07 Å². The van der Waals surface area contributed by atoms with Gasteiger partial charge in [-0.3, -0.25) is 4.99 Å². The lowest BCUT2D eigenvalue weighted by atomic mass is 10.1. The molecule has 9 heteroatoms. The number of alkyl halides is 3. The van der Waals surface area contributed by atoms with Gasteiger partial charge in [-0.05, 0) is 55.2 Å². The van der Waals surface area contributed by atoms with Crippen LogP contribution in [0.15, 0.2) is 40.9 Å². The number of hydrogen-bond acceptors (Lipinski definition) is 6. The quantitative estimate of drug-likeness (QED) is 0.802. The highest BCUT2D eigenvalue weighted by molar-refractivity contribution is 6.04. The van der Waals surface area contributed by atoms with Gasteiger partial charge in [0.25, 0.3) is 0 Å². The van der Waals surface area contributed by atoms with Gasteiger partial charge in [0.15, 0.2) is 5.82 Å². The lowest BCUT2D eigenvalue weighted by Gasteiger charge is -2.16. The minimum Gasteiger partial charge on any atom is -0.341 e. The maximum absolute atomic E-state index is 12.9. The Bertz CT molecular complexity index is 1020. The molecule has 0 atom stereocenters. The molecular weight excluding hydrogens is 393 g/mol. The first-order chi connectivity index (χ1) is 14.4. The highest BCUT2D eigenvalue weighted by Gasteiger charge is 2.30. The summed E-state index contributed by atoms with van der Waals surface area (Å²) in [6, 6.07) is 5.13. The van der Waals surface area contributed by atoms with E-state index in [4.69, 9.17) is 0 Å². The molecule has 0 radical (unpaired) electrons. The third-order valence-corrected chi connectivity index (χ3v) is 4.79. The molecule has 1 N–H and O–H groups in total. The lowest BCUT2D eigenvalue weighted by molar-refractivity contribution is -0.137. The maximum Gasteiger partial charge on any atom is 0.416 e. The van der Waals surface area contributed by atoms with Crippen LogP contribution in [0.2, 0.25) is 0 Å². The molecule has 2 aliphatic rings. The number of aromatic nitrogens is 3. The van der Waals surface area contributed by atoms with Gasteiger partial charge in [0.05, 0.1) is 12.1 Å². The van der Waals surface area contributed by atoms with Gasteiger partial charge in [0, 0.05) is 13.1 Å². The van der Waals surface area contributed by atoms with Crippen LogP contribution in [0, 0.1) is 0 Å². The molecule has 1 aromatic carbocycles. The number of hydrogen-bond donors (Lipinski definition) is 1. The summed E-state index contributed by atoms with van der Waals surface area (Å²) in [7, 11) is 0. The molecule has 2 aromatic rings. The zero-order valence-electron chi connectivity index (χ0n) is 16.4. The van der Waals surface area contributed by atoms with Crippen molar-refractivity contribution >= 4 is 29.9 Å². The Morgan fingerprint density at radius 2 is 1.87 bits per heavy atom. The number of rotatable bonds is 4. The van der Waals surface area contributed by atoms with Crippen molar-refractivity contribution in [3.8, 4) is 0 Å². The predicted octanol–water partition coefficient (Wildman–Crippen LogP) is 4.43. The van der Waals surface area contributed by atoms with Crippen molar-refractivity contribution in [2.24, 2.45) is 4.99 Å². The maximum atomic E-state index is 12.9. The number of nitrogens with zero attached hydrogens (tertiary/aromatic N) is 5. The third kappa shape index (κ3) is 4.84. The Morgan fingerprint density at radius 1 is 1.07 bits per heavy atom. The van der Waals surface area contributed by atoms with Crippen LogP contribution in [0.25, 0.3) is 12.2 Å². The number of halogens is 3. The van der Waals surface area contributed by atoms with Crippen LogP contribution in [0.1, 0.15) is 36.7 Å². The minimum atomic E-state index is -4.38. The van der Waals surface area contributed by atoms with Gasteiger partial charge in [-0.1, -0.05) is 18.2 Å². The summed E-state index contributed by atoms with van der Waals surface area (Å²) in [6.45, 7) is 4.35. The van der Waals surface area contributed by atoms with Crippen LogP contribution in [-0.4, -0.2) is 40.4 Å². The molecule has 4 rings (SSSR count). The van der Waals surface area contributed by atoms with Crippen molar-refractivity contribution in [3.05, 3.63) is 52.9 Å². The van der Waals surface area contributed by atoms with Crippen molar-refractivity contribution in [2.45, 2.75) is 25.9 Å². The second-order valence-corrected chi connectivity index (χ2v) is 7.29. The van der Waals surface area contributed by atoms with Gasteiger partial charge in [-0.25, -0.2) is 0 Å². The molecule has 6 nitrogen and oxygen atoms in total. The smallest absolute Gasteiger partial charge is 0.341 e. The molecule has 156 valence electrons. The summed E-state index contributed by atoms with van der Waals surface area (Å²) in [5, 5.41) is 3.10. The Balaban J connectivity index is 1.62. The first-order valence-electron chi connectivity index (χ1n) is 9.72. The van der Waals surface area contributed by atoms with E-state index in [1.807, 2.05) is 13.0 Å². The SMILES string of the molecule is CC1=CC(Nc2nc(/C=C/c3cccc(C(F)(F)F)c3)nc(N3CCCC3)n2)=NC1. The number of nitrogens with one attached hydrogen (secondary N) is 1. The molecule has 30 heavy (non-hydrogen) atoms. The van der Waals surface area contributed by atoms with Crippen LogP contribution in [0.3, 0.4) is 0 Å². The fourth-order valence-electron chi connectivity index (χ4n) is 3.28.